The molecular formula is C18H16F3N3O4. The number of primary amides is 1. The molecule has 0 bridgehead atoms. The Balaban J connectivity index is 2.12. The summed E-state index contributed by atoms with van der Waals surface area (Å²) >= 11 is 0. The number of hydrogen-bond donors (Lipinski definition) is 2. The lowest BCUT2D eigenvalue weighted by atomic mass is 10.0. The lowest BCUT2D eigenvalue weighted by Gasteiger charge is -2.16. The summed E-state index contributed by atoms with van der Waals surface area (Å²) in [6, 6.07) is 8.63. The molecule has 2 rings (SSSR count). The number of nitrogens with one attached hydrogen (secondary N) is 1. The van der Waals surface area contributed by atoms with E-state index in [1.807, 2.05) is 0 Å². The highest BCUT2D eigenvalue weighted by Crippen LogP contribution is 2.29. The molecule has 3 N–H and O–H groups in total. The van der Waals surface area contributed by atoms with Crippen LogP contribution in [0.15, 0.2) is 48.5 Å². The van der Waals surface area contributed by atoms with Gasteiger partial charge in [-0.05, 0) is 11.6 Å². The maximum absolute atomic E-state index is 12.7. The summed E-state index contributed by atoms with van der Waals surface area (Å²) in [5.74, 6) is -1.66. The standard InChI is InChI=1S/C18H16F3N3O4/c19-18(20,21)13-6-3-4-11(8-13)9-16(25)23-14(17(22)26)10-12-5-1-2-7-15(12)24(27)28/h1-8,14H,9-10H2,(H2,22,26)(H,23,25)/t14-/m1/s1. The minimum atomic E-state index is -4.55. The van der Waals surface area contributed by atoms with Gasteiger partial charge in [0.1, 0.15) is 6.04 Å². The maximum Gasteiger partial charge on any atom is 0.416 e. The molecule has 2 amide bonds. The van der Waals surface area contributed by atoms with Gasteiger partial charge in [0.05, 0.1) is 16.9 Å². The molecule has 0 radical (unpaired) electrons. The van der Waals surface area contributed by atoms with Crippen LogP contribution < -0.4 is 11.1 Å². The number of hydrogen-bond acceptors (Lipinski definition) is 4. The van der Waals surface area contributed by atoms with E-state index in [0.29, 0.717) is 0 Å². The fourth-order valence-electron chi connectivity index (χ4n) is 2.59. The molecule has 10 heteroatoms. The zero-order valence-electron chi connectivity index (χ0n) is 14.4. The molecule has 0 saturated heterocycles. The Labute approximate surface area is 157 Å². The number of amides is 2. The van der Waals surface area contributed by atoms with Gasteiger partial charge >= 0.3 is 6.18 Å². The van der Waals surface area contributed by atoms with E-state index in [0.717, 1.165) is 12.1 Å². The van der Waals surface area contributed by atoms with Crippen molar-refractivity contribution in [2.24, 2.45) is 5.73 Å². The summed E-state index contributed by atoms with van der Waals surface area (Å²) in [5.41, 5.74) is 4.42. The van der Waals surface area contributed by atoms with Crippen molar-refractivity contribution in [1.82, 2.24) is 5.32 Å². The molecule has 0 heterocycles. The zero-order valence-corrected chi connectivity index (χ0v) is 14.4. The van der Waals surface area contributed by atoms with Gasteiger partial charge in [-0.2, -0.15) is 13.2 Å². The number of rotatable bonds is 7. The number of para-hydroxylation sites is 1. The molecule has 0 aliphatic carbocycles. The van der Waals surface area contributed by atoms with E-state index in [4.69, 9.17) is 5.73 Å². The Kier molecular flexibility index (Phi) is 6.34. The fourth-order valence-corrected chi connectivity index (χ4v) is 2.59. The van der Waals surface area contributed by atoms with Gasteiger partial charge in [-0.25, -0.2) is 0 Å². The van der Waals surface area contributed by atoms with Crippen molar-refractivity contribution in [2.45, 2.75) is 25.1 Å². The van der Waals surface area contributed by atoms with Crippen LogP contribution in [-0.4, -0.2) is 22.8 Å². The number of nitro groups is 1. The highest BCUT2D eigenvalue weighted by molar-refractivity contribution is 5.87. The molecule has 0 aliphatic heterocycles. The smallest absolute Gasteiger partial charge is 0.368 e. The van der Waals surface area contributed by atoms with Gasteiger partial charge in [0.2, 0.25) is 11.8 Å². The second-order valence-corrected chi connectivity index (χ2v) is 5.99. The number of halogens is 3. The van der Waals surface area contributed by atoms with Crippen molar-refractivity contribution in [3.63, 3.8) is 0 Å². The van der Waals surface area contributed by atoms with Crippen molar-refractivity contribution in [3.8, 4) is 0 Å². The first-order chi connectivity index (χ1) is 13.1. The van der Waals surface area contributed by atoms with Crippen molar-refractivity contribution in [2.75, 3.05) is 0 Å². The quantitative estimate of drug-likeness (QED) is 0.553. The van der Waals surface area contributed by atoms with E-state index in [2.05, 4.69) is 5.32 Å². The van der Waals surface area contributed by atoms with Crippen LogP contribution in [0.1, 0.15) is 16.7 Å². The minimum Gasteiger partial charge on any atom is -0.368 e. The molecule has 0 saturated carbocycles. The molecule has 7 nitrogen and oxygen atoms in total. The molecule has 2 aromatic rings. The van der Waals surface area contributed by atoms with Crippen LogP contribution in [0.3, 0.4) is 0 Å². The van der Waals surface area contributed by atoms with E-state index in [9.17, 15) is 32.9 Å². The van der Waals surface area contributed by atoms with E-state index in [1.165, 1.54) is 36.4 Å². The molecule has 0 fully saturated rings. The number of nitrogens with zero attached hydrogens (tertiary/aromatic N) is 1. The van der Waals surface area contributed by atoms with Crippen LogP contribution in [0.2, 0.25) is 0 Å². The maximum atomic E-state index is 12.7. The Morgan fingerprint density at radius 2 is 1.82 bits per heavy atom. The Hall–Kier alpha value is -3.43. The topological polar surface area (TPSA) is 115 Å². The van der Waals surface area contributed by atoms with Crippen molar-refractivity contribution >= 4 is 17.5 Å². The lowest BCUT2D eigenvalue weighted by Crippen LogP contribution is -2.46. The first-order valence-corrected chi connectivity index (χ1v) is 8.05. The second kappa shape index (κ2) is 8.51. The first-order valence-electron chi connectivity index (χ1n) is 8.05. The van der Waals surface area contributed by atoms with Gasteiger partial charge in [-0.3, -0.25) is 19.7 Å². The van der Waals surface area contributed by atoms with Crippen molar-refractivity contribution < 1.29 is 27.7 Å². The van der Waals surface area contributed by atoms with E-state index >= 15 is 0 Å². The largest absolute Gasteiger partial charge is 0.416 e. The van der Waals surface area contributed by atoms with Crippen LogP contribution >= 0.6 is 0 Å². The average Bonchev–Trinajstić information content (AvgIpc) is 2.60. The molecular weight excluding hydrogens is 379 g/mol. The van der Waals surface area contributed by atoms with Gasteiger partial charge in [0.25, 0.3) is 5.69 Å². The van der Waals surface area contributed by atoms with E-state index in [1.54, 1.807) is 0 Å². The summed E-state index contributed by atoms with van der Waals surface area (Å²) in [6.45, 7) is 0. The van der Waals surface area contributed by atoms with Crippen molar-refractivity contribution in [3.05, 3.63) is 75.3 Å². The Morgan fingerprint density at radius 1 is 1.14 bits per heavy atom. The summed E-state index contributed by atoms with van der Waals surface area (Å²) in [5, 5.41) is 13.4. The SMILES string of the molecule is NC(=O)[C@@H](Cc1ccccc1[N+](=O)[O-])NC(=O)Cc1cccc(C(F)(F)F)c1. The highest BCUT2D eigenvalue weighted by atomic mass is 19.4. The first kappa shape index (κ1) is 20.9. The van der Waals surface area contributed by atoms with Gasteiger partial charge in [-0.15, -0.1) is 0 Å². The minimum absolute atomic E-state index is 0.0984. The fraction of sp³-hybridized carbons (Fsp3) is 0.222. The lowest BCUT2D eigenvalue weighted by molar-refractivity contribution is -0.385. The molecule has 28 heavy (non-hydrogen) atoms. The van der Waals surface area contributed by atoms with E-state index < -0.39 is 40.9 Å². The third-order valence-electron chi connectivity index (χ3n) is 3.91. The van der Waals surface area contributed by atoms with Crippen LogP contribution in [0.5, 0.6) is 0 Å². The predicted molar refractivity (Wildman–Crippen MR) is 93.1 cm³/mol. The molecule has 0 aliphatic rings. The number of alkyl halides is 3. The monoisotopic (exact) mass is 395 g/mol. The summed E-state index contributed by atoms with van der Waals surface area (Å²) < 4.78 is 38.2. The van der Waals surface area contributed by atoms with Crippen LogP contribution in [0.4, 0.5) is 18.9 Å². The molecule has 2 aromatic carbocycles. The predicted octanol–water partition coefficient (Wildman–Crippen LogP) is 2.37. The number of nitrogens with two attached hydrogens (primary N) is 1. The van der Waals surface area contributed by atoms with Crippen LogP contribution in [0, 0.1) is 10.1 Å². The molecule has 0 spiro atoms. The van der Waals surface area contributed by atoms with Crippen LogP contribution in [0.25, 0.3) is 0 Å². The number of carbonyl (C=O) groups is 2. The second-order valence-electron chi connectivity index (χ2n) is 5.99. The molecule has 1 atom stereocenters. The number of carbonyl (C=O) groups excluding carboxylic acids is 2. The third-order valence-corrected chi connectivity index (χ3v) is 3.91. The number of benzene rings is 2. The average molecular weight is 395 g/mol. The highest BCUT2D eigenvalue weighted by Gasteiger charge is 2.30. The molecule has 0 unspecified atom stereocenters. The van der Waals surface area contributed by atoms with Crippen molar-refractivity contribution in [1.29, 1.82) is 0 Å². The van der Waals surface area contributed by atoms with E-state index in [-0.39, 0.29) is 23.2 Å². The normalized spacial score (nSPS) is 12.2. The number of nitro benzene ring substituents is 1. The van der Waals surface area contributed by atoms with Gasteiger partial charge in [0.15, 0.2) is 0 Å². The third kappa shape index (κ3) is 5.53. The Bertz CT molecular complexity index is 900. The molecule has 0 aromatic heterocycles. The van der Waals surface area contributed by atoms with Crippen LogP contribution in [-0.2, 0) is 28.6 Å². The summed E-state index contributed by atoms with van der Waals surface area (Å²) in [4.78, 5) is 34.2. The van der Waals surface area contributed by atoms with Gasteiger partial charge < -0.3 is 11.1 Å². The molecule has 148 valence electrons. The summed E-state index contributed by atoms with van der Waals surface area (Å²) in [6.07, 6.45) is -5.18. The van der Waals surface area contributed by atoms with Gasteiger partial charge in [-0.1, -0.05) is 36.4 Å². The summed E-state index contributed by atoms with van der Waals surface area (Å²) in [7, 11) is 0. The van der Waals surface area contributed by atoms with Gasteiger partial charge in [0, 0.05) is 18.1 Å². The Morgan fingerprint density at radius 3 is 2.43 bits per heavy atom. The zero-order chi connectivity index (χ0) is 20.9.